The van der Waals surface area contributed by atoms with E-state index in [9.17, 15) is 9.59 Å². The average Bonchev–Trinajstić information content (AvgIpc) is 3.40. The van der Waals surface area contributed by atoms with Crippen LogP contribution in [0.2, 0.25) is 0 Å². The fourth-order valence-corrected chi connectivity index (χ4v) is 4.29. The van der Waals surface area contributed by atoms with Gasteiger partial charge < -0.3 is 10.1 Å². The van der Waals surface area contributed by atoms with Gasteiger partial charge in [0.25, 0.3) is 11.5 Å². The van der Waals surface area contributed by atoms with Gasteiger partial charge in [0.2, 0.25) is 4.96 Å². The Labute approximate surface area is 199 Å². The fraction of sp³-hybridized carbons (Fsp3) is 0.0769. The van der Waals surface area contributed by atoms with Crippen molar-refractivity contribution in [1.29, 1.82) is 0 Å². The molecule has 1 amide bonds. The summed E-state index contributed by atoms with van der Waals surface area (Å²) in [5.41, 5.74) is 3.12. The third-order valence-corrected chi connectivity index (χ3v) is 6.07. The number of aryl methyl sites for hydroxylation is 1. The van der Waals surface area contributed by atoms with Crippen molar-refractivity contribution in [2.24, 2.45) is 0 Å². The van der Waals surface area contributed by atoms with Crippen LogP contribution in [0.1, 0.15) is 11.1 Å². The first-order chi connectivity index (χ1) is 16.6. The first kappa shape index (κ1) is 21.5. The molecule has 0 saturated heterocycles. The topological polar surface area (TPSA) is 85.6 Å². The number of nitrogens with one attached hydrogen (secondary N) is 1. The number of benzene rings is 3. The van der Waals surface area contributed by atoms with Crippen molar-refractivity contribution in [3.05, 3.63) is 105 Å². The maximum Gasteiger partial charge on any atom is 0.291 e. The van der Waals surface area contributed by atoms with E-state index in [0.717, 1.165) is 11.1 Å². The van der Waals surface area contributed by atoms with Crippen LogP contribution < -0.4 is 20.1 Å². The number of nitrogens with zero attached hydrogens (tertiary/aromatic N) is 3. The Morgan fingerprint density at radius 2 is 1.76 bits per heavy atom. The van der Waals surface area contributed by atoms with Gasteiger partial charge in [-0.3, -0.25) is 9.59 Å². The lowest BCUT2D eigenvalue weighted by Crippen LogP contribution is -2.24. The fourth-order valence-electron chi connectivity index (χ4n) is 3.39. The molecular weight excluding hydrogens is 448 g/mol. The zero-order valence-electron chi connectivity index (χ0n) is 18.3. The standard InChI is InChI=1S/C26H20N4O3S/c1-17-11-13-20(14-12-17)27-23(31)16-33-21-10-6-5-9-19(21)15-22-25(32)30-26(34-22)28-24(29-30)18-7-3-2-4-8-18/h2-15H,16H2,1H3,(H,27,31)/b22-15-. The Balaban J connectivity index is 1.36. The highest BCUT2D eigenvalue weighted by Gasteiger charge is 2.12. The molecule has 0 atom stereocenters. The number of carbonyl (C=O) groups is 1. The molecule has 0 aliphatic carbocycles. The van der Waals surface area contributed by atoms with E-state index >= 15 is 0 Å². The molecule has 0 aliphatic heterocycles. The van der Waals surface area contributed by atoms with Gasteiger partial charge in [0.05, 0.1) is 4.53 Å². The predicted molar refractivity (Wildman–Crippen MR) is 133 cm³/mol. The smallest absolute Gasteiger partial charge is 0.291 e. The number of carbonyl (C=O) groups excluding carboxylic acids is 1. The molecule has 168 valence electrons. The molecule has 0 unspecified atom stereocenters. The molecule has 0 bridgehead atoms. The minimum absolute atomic E-state index is 0.154. The van der Waals surface area contributed by atoms with E-state index in [1.807, 2.05) is 79.7 Å². The number of aromatic nitrogens is 3. The van der Waals surface area contributed by atoms with Crippen LogP contribution in [0.15, 0.2) is 83.7 Å². The normalized spacial score (nSPS) is 11.6. The minimum Gasteiger partial charge on any atom is -0.483 e. The van der Waals surface area contributed by atoms with Gasteiger partial charge in [-0.15, -0.1) is 5.10 Å². The summed E-state index contributed by atoms with van der Waals surface area (Å²) in [7, 11) is 0. The lowest BCUT2D eigenvalue weighted by Gasteiger charge is -2.09. The molecule has 3 aromatic carbocycles. The number of thiazole rings is 1. The second-order valence-electron chi connectivity index (χ2n) is 7.65. The number of hydrogen-bond donors (Lipinski definition) is 1. The Bertz CT molecular complexity index is 1570. The monoisotopic (exact) mass is 468 g/mol. The van der Waals surface area contributed by atoms with Crippen LogP contribution in [0.25, 0.3) is 22.4 Å². The molecule has 0 spiro atoms. The van der Waals surface area contributed by atoms with Crippen molar-refractivity contribution in [2.45, 2.75) is 6.92 Å². The largest absolute Gasteiger partial charge is 0.483 e. The number of amides is 1. The summed E-state index contributed by atoms with van der Waals surface area (Å²) in [4.78, 5) is 30.2. The SMILES string of the molecule is Cc1ccc(NC(=O)COc2ccccc2/C=c2\sc3nc(-c4ccccc4)nn3c2=O)cc1. The van der Waals surface area contributed by atoms with E-state index in [2.05, 4.69) is 15.4 Å². The molecule has 7 nitrogen and oxygen atoms in total. The maximum atomic E-state index is 12.9. The average molecular weight is 469 g/mol. The number of anilines is 1. The van der Waals surface area contributed by atoms with E-state index in [0.29, 0.717) is 32.3 Å². The van der Waals surface area contributed by atoms with Gasteiger partial charge in [0, 0.05) is 16.8 Å². The minimum atomic E-state index is -0.268. The predicted octanol–water partition coefficient (Wildman–Crippen LogP) is 3.69. The molecule has 34 heavy (non-hydrogen) atoms. The molecule has 8 heteroatoms. The van der Waals surface area contributed by atoms with Gasteiger partial charge in [-0.1, -0.05) is 77.6 Å². The van der Waals surface area contributed by atoms with E-state index in [-0.39, 0.29) is 18.1 Å². The number of para-hydroxylation sites is 1. The quantitative estimate of drug-likeness (QED) is 0.411. The second-order valence-corrected chi connectivity index (χ2v) is 8.66. The van der Waals surface area contributed by atoms with E-state index < -0.39 is 0 Å². The highest BCUT2D eigenvalue weighted by atomic mass is 32.1. The summed E-state index contributed by atoms with van der Waals surface area (Å²) in [6.07, 6.45) is 1.73. The summed E-state index contributed by atoms with van der Waals surface area (Å²) in [6.45, 7) is 1.83. The lowest BCUT2D eigenvalue weighted by atomic mass is 10.2. The van der Waals surface area contributed by atoms with Gasteiger partial charge in [-0.2, -0.15) is 9.50 Å². The van der Waals surface area contributed by atoms with Gasteiger partial charge in [-0.05, 0) is 31.2 Å². The van der Waals surface area contributed by atoms with Crippen molar-refractivity contribution < 1.29 is 9.53 Å². The molecule has 2 aromatic heterocycles. The van der Waals surface area contributed by atoms with Crippen LogP contribution in [0.5, 0.6) is 5.75 Å². The Morgan fingerprint density at radius 1 is 1.03 bits per heavy atom. The third-order valence-electron chi connectivity index (χ3n) is 5.11. The maximum absolute atomic E-state index is 12.9. The first-order valence-corrected chi connectivity index (χ1v) is 11.4. The lowest BCUT2D eigenvalue weighted by molar-refractivity contribution is -0.118. The summed E-state index contributed by atoms with van der Waals surface area (Å²) >= 11 is 1.26. The van der Waals surface area contributed by atoms with Crippen molar-refractivity contribution in [2.75, 3.05) is 11.9 Å². The van der Waals surface area contributed by atoms with Gasteiger partial charge >= 0.3 is 0 Å². The van der Waals surface area contributed by atoms with Crippen LogP contribution >= 0.6 is 11.3 Å². The Hall–Kier alpha value is -4.30. The van der Waals surface area contributed by atoms with Crippen LogP contribution in [0.4, 0.5) is 5.69 Å². The summed E-state index contributed by atoms with van der Waals surface area (Å²) in [5.74, 6) is 0.749. The first-order valence-electron chi connectivity index (χ1n) is 10.6. The molecule has 0 saturated carbocycles. The Kier molecular flexibility index (Phi) is 5.88. The highest BCUT2D eigenvalue weighted by molar-refractivity contribution is 7.15. The van der Waals surface area contributed by atoms with Crippen LogP contribution in [0.3, 0.4) is 0 Å². The molecule has 0 radical (unpaired) electrons. The van der Waals surface area contributed by atoms with Crippen molar-refractivity contribution in [3.8, 4) is 17.1 Å². The Morgan fingerprint density at radius 3 is 2.53 bits per heavy atom. The molecule has 0 fully saturated rings. The van der Waals surface area contributed by atoms with Crippen LogP contribution in [-0.2, 0) is 4.79 Å². The zero-order chi connectivity index (χ0) is 23.5. The molecule has 1 N–H and O–H groups in total. The van der Waals surface area contributed by atoms with E-state index in [4.69, 9.17) is 4.74 Å². The van der Waals surface area contributed by atoms with E-state index in [1.165, 1.54) is 15.9 Å². The number of rotatable bonds is 6. The molecule has 0 aliphatic rings. The second kappa shape index (κ2) is 9.29. The van der Waals surface area contributed by atoms with E-state index in [1.54, 1.807) is 12.1 Å². The van der Waals surface area contributed by atoms with Gasteiger partial charge in [-0.25, -0.2) is 0 Å². The summed E-state index contributed by atoms with van der Waals surface area (Å²) in [6, 6.07) is 24.3. The van der Waals surface area contributed by atoms with Crippen LogP contribution in [-0.4, -0.2) is 27.1 Å². The molecule has 5 aromatic rings. The molecule has 2 heterocycles. The zero-order valence-corrected chi connectivity index (χ0v) is 19.1. The van der Waals surface area contributed by atoms with Crippen molar-refractivity contribution in [3.63, 3.8) is 0 Å². The molecule has 5 rings (SSSR count). The number of ether oxygens (including phenoxy) is 1. The van der Waals surface area contributed by atoms with Crippen molar-refractivity contribution in [1.82, 2.24) is 14.6 Å². The highest BCUT2D eigenvalue weighted by Crippen LogP contribution is 2.20. The molecular formula is C26H20N4O3S. The van der Waals surface area contributed by atoms with Gasteiger partial charge in [0.15, 0.2) is 12.4 Å². The van der Waals surface area contributed by atoms with Crippen molar-refractivity contribution >= 4 is 34.0 Å². The summed E-state index contributed by atoms with van der Waals surface area (Å²) in [5, 5.41) is 7.18. The number of hydrogen-bond acceptors (Lipinski definition) is 6. The summed E-state index contributed by atoms with van der Waals surface area (Å²) < 4.78 is 7.56. The number of fused-ring (bicyclic) bond motifs is 1. The van der Waals surface area contributed by atoms with Gasteiger partial charge in [0.1, 0.15) is 5.75 Å². The van der Waals surface area contributed by atoms with Crippen LogP contribution in [0, 0.1) is 6.92 Å². The third kappa shape index (κ3) is 4.57.